The summed E-state index contributed by atoms with van der Waals surface area (Å²) in [5.41, 5.74) is 0. The Balaban J connectivity index is 3.33. The molecule has 0 saturated heterocycles. The zero-order chi connectivity index (χ0) is 13.1. The molecule has 4 nitrogen and oxygen atoms in total. The van der Waals surface area contributed by atoms with Crippen LogP contribution >= 0.6 is 0 Å². The Morgan fingerprint density at radius 2 is 1.94 bits per heavy atom. The summed E-state index contributed by atoms with van der Waals surface area (Å²) in [4.78, 5) is 22.5. The van der Waals surface area contributed by atoms with E-state index in [4.69, 9.17) is 4.74 Å². The number of Topliss-reactive ketones (excluding diaryl/α,β-unsaturated/α-hetero) is 1. The first-order chi connectivity index (χ1) is 8.07. The number of carbonyl (C=O) groups excluding carboxylic acids is 2. The van der Waals surface area contributed by atoms with Crippen LogP contribution in [0, 0.1) is 5.92 Å². The molecule has 0 radical (unpaired) electrons. The van der Waals surface area contributed by atoms with E-state index in [1.54, 1.807) is 0 Å². The van der Waals surface area contributed by atoms with Gasteiger partial charge in [0.2, 0.25) is 5.91 Å². The highest BCUT2D eigenvalue weighted by Gasteiger charge is 2.06. The molecule has 0 aromatic heterocycles. The topological polar surface area (TPSA) is 55.4 Å². The summed E-state index contributed by atoms with van der Waals surface area (Å²) in [6.07, 6.45) is 3.73. The van der Waals surface area contributed by atoms with Gasteiger partial charge >= 0.3 is 0 Å². The van der Waals surface area contributed by atoms with Crippen LogP contribution in [-0.4, -0.2) is 31.4 Å². The summed E-state index contributed by atoms with van der Waals surface area (Å²) in [5, 5.41) is 2.77. The molecule has 4 heteroatoms. The third-order valence-corrected chi connectivity index (χ3v) is 2.46. The Morgan fingerprint density at radius 1 is 1.24 bits per heavy atom. The maximum absolute atomic E-state index is 11.3. The molecule has 0 spiro atoms. The molecule has 0 unspecified atom stereocenters. The van der Waals surface area contributed by atoms with Crippen molar-refractivity contribution in [1.82, 2.24) is 5.32 Å². The van der Waals surface area contributed by atoms with E-state index in [-0.39, 0.29) is 24.2 Å². The maximum Gasteiger partial charge on any atom is 0.220 e. The highest BCUT2D eigenvalue weighted by molar-refractivity contribution is 5.81. The number of unbranched alkanes of at least 4 members (excludes halogenated alkanes) is 2. The standard InChI is InChI=1S/C13H25NO3/c1-4-5-6-7-13(16)14-8-9-17-10-12(15)11(2)3/h11H,4-10H2,1-3H3,(H,14,16). The van der Waals surface area contributed by atoms with Gasteiger partial charge in [-0.15, -0.1) is 0 Å². The predicted octanol–water partition coefficient (Wildman–Crippen LogP) is 1.92. The van der Waals surface area contributed by atoms with Gasteiger partial charge in [0.15, 0.2) is 5.78 Å². The van der Waals surface area contributed by atoms with E-state index < -0.39 is 0 Å². The lowest BCUT2D eigenvalue weighted by molar-refractivity contribution is -0.126. The lowest BCUT2D eigenvalue weighted by Gasteiger charge is -2.07. The van der Waals surface area contributed by atoms with Crippen molar-refractivity contribution in [3.63, 3.8) is 0 Å². The van der Waals surface area contributed by atoms with E-state index in [1.807, 2.05) is 13.8 Å². The van der Waals surface area contributed by atoms with E-state index in [2.05, 4.69) is 12.2 Å². The number of ketones is 1. The van der Waals surface area contributed by atoms with Crippen LogP contribution in [0.4, 0.5) is 0 Å². The van der Waals surface area contributed by atoms with Crippen molar-refractivity contribution in [2.75, 3.05) is 19.8 Å². The monoisotopic (exact) mass is 243 g/mol. The van der Waals surface area contributed by atoms with Gasteiger partial charge in [-0.25, -0.2) is 0 Å². The van der Waals surface area contributed by atoms with Crippen LogP contribution in [0.2, 0.25) is 0 Å². The Labute approximate surface area is 104 Å². The van der Waals surface area contributed by atoms with Crippen molar-refractivity contribution in [3.8, 4) is 0 Å². The van der Waals surface area contributed by atoms with Gasteiger partial charge in [-0.05, 0) is 6.42 Å². The quantitative estimate of drug-likeness (QED) is 0.596. The summed E-state index contributed by atoms with van der Waals surface area (Å²) in [6.45, 7) is 6.83. The van der Waals surface area contributed by atoms with Crippen LogP contribution < -0.4 is 5.32 Å². The molecule has 0 aliphatic carbocycles. The Hall–Kier alpha value is -0.900. The fourth-order valence-electron chi connectivity index (χ4n) is 1.23. The minimum atomic E-state index is 0.0126. The fourth-order valence-corrected chi connectivity index (χ4v) is 1.23. The number of hydrogen-bond donors (Lipinski definition) is 1. The number of rotatable bonds is 10. The molecule has 0 bridgehead atoms. The van der Waals surface area contributed by atoms with Crippen molar-refractivity contribution < 1.29 is 14.3 Å². The van der Waals surface area contributed by atoms with Crippen LogP contribution in [0.1, 0.15) is 46.5 Å². The lowest BCUT2D eigenvalue weighted by atomic mass is 10.1. The molecule has 1 amide bonds. The first kappa shape index (κ1) is 16.1. The molecule has 1 N–H and O–H groups in total. The number of amides is 1. The third-order valence-electron chi connectivity index (χ3n) is 2.46. The number of ether oxygens (including phenoxy) is 1. The van der Waals surface area contributed by atoms with Gasteiger partial charge in [0.1, 0.15) is 6.61 Å². The van der Waals surface area contributed by atoms with Crippen LogP contribution in [0.25, 0.3) is 0 Å². The molecular weight excluding hydrogens is 218 g/mol. The first-order valence-corrected chi connectivity index (χ1v) is 6.45. The summed E-state index contributed by atoms with van der Waals surface area (Å²) >= 11 is 0. The molecule has 0 rings (SSSR count). The van der Waals surface area contributed by atoms with E-state index in [0.29, 0.717) is 19.6 Å². The Bertz CT molecular complexity index is 227. The van der Waals surface area contributed by atoms with Crippen molar-refractivity contribution >= 4 is 11.7 Å². The third kappa shape index (κ3) is 10.00. The second-order valence-corrected chi connectivity index (χ2v) is 4.48. The Morgan fingerprint density at radius 3 is 2.53 bits per heavy atom. The van der Waals surface area contributed by atoms with Crippen LogP contribution in [0.15, 0.2) is 0 Å². The van der Waals surface area contributed by atoms with E-state index in [9.17, 15) is 9.59 Å². The summed E-state index contributed by atoms with van der Waals surface area (Å²) < 4.78 is 5.17. The van der Waals surface area contributed by atoms with Gasteiger partial charge in [0, 0.05) is 18.9 Å². The molecule has 100 valence electrons. The zero-order valence-corrected chi connectivity index (χ0v) is 11.3. The van der Waals surface area contributed by atoms with E-state index >= 15 is 0 Å². The van der Waals surface area contributed by atoms with Gasteiger partial charge in [0.05, 0.1) is 6.61 Å². The second-order valence-electron chi connectivity index (χ2n) is 4.48. The largest absolute Gasteiger partial charge is 0.372 e. The molecule has 0 aromatic rings. The first-order valence-electron chi connectivity index (χ1n) is 6.45. The summed E-state index contributed by atoms with van der Waals surface area (Å²) in [7, 11) is 0. The predicted molar refractivity (Wildman–Crippen MR) is 67.8 cm³/mol. The molecule has 0 heterocycles. The Kier molecular flexibility index (Phi) is 9.72. The zero-order valence-electron chi connectivity index (χ0n) is 11.3. The molecule has 0 saturated carbocycles. The average Bonchev–Trinajstić information content (AvgIpc) is 2.28. The van der Waals surface area contributed by atoms with E-state index in [0.717, 1.165) is 19.3 Å². The minimum absolute atomic E-state index is 0.0126. The SMILES string of the molecule is CCCCCC(=O)NCCOCC(=O)C(C)C. The van der Waals surface area contributed by atoms with Crippen molar-refractivity contribution in [1.29, 1.82) is 0 Å². The second kappa shape index (κ2) is 10.3. The number of carbonyl (C=O) groups is 2. The van der Waals surface area contributed by atoms with Crippen molar-refractivity contribution in [2.24, 2.45) is 5.92 Å². The van der Waals surface area contributed by atoms with Gasteiger partial charge < -0.3 is 10.1 Å². The smallest absolute Gasteiger partial charge is 0.220 e. The molecule has 0 fully saturated rings. The normalized spacial score (nSPS) is 10.6. The fraction of sp³-hybridized carbons (Fsp3) is 0.846. The maximum atomic E-state index is 11.3. The molecular formula is C13H25NO3. The van der Waals surface area contributed by atoms with Gasteiger partial charge in [-0.3, -0.25) is 9.59 Å². The van der Waals surface area contributed by atoms with Gasteiger partial charge in [-0.2, -0.15) is 0 Å². The highest BCUT2D eigenvalue weighted by atomic mass is 16.5. The number of nitrogens with one attached hydrogen (secondary N) is 1. The number of hydrogen-bond acceptors (Lipinski definition) is 3. The van der Waals surface area contributed by atoms with E-state index in [1.165, 1.54) is 0 Å². The van der Waals surface area contributed by atoms with Crippen LogP contribution in [-0.2, 0) is 14.3 Å². The molecule has 17 heavy (non-hydrogen) atoms. The van der Waals surface area contributed by atoms with Crippen LogP contribution in [0.3, 0.4) is 0 Å². The lowest BCUT2D eigenvalue weighted by Crippen LogP contribution is -2.28. The molecule has 0 aliphatic heterocycles. The minimum Gasteiger partial charge on any atom is -0.372 e. The average molecular weight is 243 g/mol. The van der Waals surface area contributed by atoms with Crippen molar-refractivity contribution in [3.05, 3.63) is 0 Å². The van der Waals surface area contributed by atoms with Crippen LogP contribution in [0.5, 0.6) is 0 Å². The van der Waals surface area contributed by atoms with Gasteiger partial charge in [0.25, 0.3) is 0 Å². The molecule has 0 aliphatic rings. The summed E-state index contributed by atoms with van der Waals surface area (Å²) in [5.74, 6) is 0.176. The molecule has 0 atom stereocenters. The molecule has 0 aromatic carbocycles. The highest BCUT2D eigenvalue weighted by Crippen LogP contribution is 1.98. The summed E-state index contributed by atoms with van der Waals surface area (Å²) in [6, 6.07) is 0. The van der Waals surface area contributed by atoms with Crippen molar-refractivity contribution in [2.45, 2.75) is 46.5 Å². The van der Waals surface area contributed by atoms with Gasteiger partial charge in [-0.1, -0.05) is 33.6 Å².